The van der Waals surface area contributed by atoms with E-state index in [9.17, 15) is 9.50 Å². The molecule has 1 aliphatic rings. The van der Waals surface area contributed by atoms with Crippen LogP contribution in [0, 0.1) is 12.7 Å². The molecule has 1 N–H and O–H groups in total. The summed E-state index contributed by atoms with van der Waals surface area (Å²) < 4.78 is 19.0. The van der Waals surface area contributed by atoms with Gasteiger partial charge in [0, 0.05) is 25.2 Å². The fraction of sp³-hybridized carbons (Fsp3) is 0.500. The quantitative estimate of drug-likeness (QED) is 0.669. The van der Waals surface area contributed by atoms with Crippen LogP contribution in [0.15, 0.2) is 17.1 Å². The average molecular weight is 266 g/mol. The van der Waals surface area contributed by atoms with Crippen molar-refractivity contribution in [3.8, 4) is 0 Å². The predicted molar refractivity (Wildman–Crippen MR) is 72.3 cm³/mol. The van der Waals surface area contributed by atoms with Crippen LogP contribution >= 0.6 is 0 Å². The molecule has 0 atom stereocenters. The van der Waals surface area contributed by atoms with Gasteiger partial charge in [0.15, 0.2) is 0 Å². The molecule has 1 fully saturated rings. The fourth-order valence-corrected chi connectivity index (χ4v) is 1.86. The molecule has 19 heavy (non-hydrogen) atoms. The third-order valence-electron chi connectivity index (χ3n) is 3.36. The van der Waals surface area contributed by atoms with Crippen LogP contribution in [0.25, 0.3) is 0 Å². The first-order chi connectivity index (χ1) is 8.96. The number of benzene rings is 1. The van der Waals surface area contributed by atoms with Crippen molar-refractivity contribution >= 4 is 12.0 Å². The van der Waals surface area contributed by atoms with E-state index in [2.05, 4.69) is 4.99 Å². The second kappa shape index (κ2) is 5.27. The van der Waals surface area contributed by atoms with Crippen LogP contribution in [0.2, 0.25) is 0 Å². The van der Waals surface area contributed by atoms with E-state index >= 15 is 0 Å². The van der Waals surface area contributed by atoms with E-state index in [0.717, 1.165) is 12.1 Å². The zero-order valence-electron chi connectivity index (χ0n) is 11.5. The van der Waals surface area contributed by atoms with E-state index in [1.54, 1.807) is 12.4 Å². The van der Waals surface area contributed by atoms with Gasteiger partial charge in [-0.1, -0.05) is 0 Å². The monoisotopic (exact) mass is 266 g/mol. The van der Waals surface area contributed by atoms with Crippen LogP contribution < -0.4 is 0 Å². The van der Waals surface area contributed by atoms with Crippen LogP contribution in [0.4, 0.5) is 10.1 Å². The van der Waals surface area contributed by atoms with Crippen molar-refractivity contribution < 1.29 is 14.2 Å². The standard InChI is InChI=1S/C14H19FN2O2/c1-4-17(3)9-16-13-6-12(15)11(5-10(13)2)14(18)7-19-8-14/h5-6,9,18H,4,7-8H2,1-3H3/b16-9+. The number of aryl methyl sites for hydroxylation is 1. The molecule has 2 rings (SSSR count). The molecule has 0 aliphatic carbocycles. The highest BCUT2D eigenvalue weighted by molar-refractivity contribution is 5.63. The van der Waals surface area contributed by atoms with Gasteiger partial charge in [-0.25, -0.2) is 9.38 Å². The number of hydrogen-bond donors (Lipinski definition) is 1. The molecule has 1 aromatic carbocycles. The summed E-state index contributed by atoms with van der Waals surface area (Å²) in [6, 6.07) is 3.01. The van der Waals surface area contributed by atoms with E-state index in [-0.39, 0.29) is 13.2 Å². The second-order valence-electron chi connectivity index (χ2n) is 4.96. The Bertz CT molecular complexity index is 498. The number of aliphatic hydroxyl groups is 1. The summed E-state index contributed by atoms with van der Waals surface area (Å²) in [6.45, 7) is 4.98. The average Bonchev–Trinajstić information content (AvgIpc) is 2.36. The van der Waals surface area contributed by atoms with Crippen LogP contribution in [0.5, 0.6) is 0 Å². The van der Waals surface area contributed by atoms with Crippen LogP contribution in [-0.2, 0) is 10.3 Å². The molecule has 4 nitrogen and oxygen atoms in total. The Morgan fingerprint density at radius 3 is 2.74 bits per heavy atom. The molecular weight excluding hydrogens is 247 g/mol. The number of aliphatic imine (C=N–C) groups is 1. The van der Waals surface area contributed by atoms with E-state index in [0.29, 0.717) is 11.3 Å². The zero-order valence-corrected chi connectivity index (χ0v) is 11.5. The smallest absolute Gasteiger partial charge is 0.139 e. The Kier molecular flexibility index (Phi) is 3.87. The first kappa shape index (κ1) is 14.0. The van der Waals surface area contributed by atoms with Gasteiger partial charge < -0.3 is 14.7 Å². The van der Waals surface area contributed by atoms with Crippen molar-refractivity contribution in [2.75, 3.05) is 26.8 Å². The summed E-state index contributed by atoms with van der Waals surface area (Å²) >= 11 is 0. The van der Waals surface area contributed by atoms with Crippen LogP contribution in [0.1, 0.15) is 18.1 Å². The minimum absolute atomic E-state index is 0.143. The second-order valence-corrected chi connectivity index (χ2v) is 4.96. The molecule has 1 saturated heterocycles. The van der Waals surface area contributed by atoms with E-state index in [4.69, 9.17) is 4.74 Å². The molecular formula is C14H19FN2O2. The molecule has 0 saturated carbocycles. The van der Waals surface area contributed by atoms with Gasteiger partial charge in [-0.2, -0.15) is 0 Å². The Hall–Kier alpha value is -1.46. The minimum Gasteiger partial charge on any atom is -0.380 e. The number of nitrogens with zero attached hydrogens (tertiary/aromatic N) is 2. The summed E-state index contributed by atoms with van der Waals surface area (Å²) in [5.41, 5.74) is 0.513. The van der Waals surface area contributed by atoms with Gasteiger partial charge >= 0.3 is 0 Å². The van der Waals surface area contributed by atoms with Gasteiger partial charge in [0.2, 0.25) is 0 Å². The summed E-state index contributed by atoms with van der Waals surface area (Å²) in [4.78, 5) is 6.15. The van der Waals surface area contributed by atoms with Gasteiger partial charge in [-0.15, -0.1) is 0 Å². The van der Waals surface area contributed by atoms with Gasteiger partial charge in [-0.05, 0) is 25.5 Å². The Morgan fingerprint density at radius 1 is 1.53 bits per heavy atom. The first-order valence-corrected chi connectivity index (χ1v) is 6.31. The molecule has 0 spiro atoms. The van der Waals surface area contributed by atoms with E-state index in [1.165, 1.54) is 6.07 Å². The summed E-state index contributed by atoms with van der Waals surface area (Å²) in [5.74, 6) is -0.442. The third-order valence-corrected chi connectivity index (χ3v) is 3.36. The Balaban J connectivity index is 2.29. The van der Waals surface area contributed by atoms with Crippen molar-refractivity contribution in [2.24, 2.45) is 4.99 Å². The van der Waals surface area contributed by atoms with Crippen molar-refractivity contribution in [1.29, 1.82) is 0 Å². The van der Waals surface area contributed by atoms with Gasteiger partial charge in [0.25, 0.3) is 0 Å². The van der Waals surface area contributed by atoms with Crippen LogP contribution in [0.3, 0.4) is 0 Å². The largest absolute Gasteiger partial charge is 0.380 e. The molecule has 0 radical (unpaired) electrons. The highest BCUT2D eigenvalue weighted by atomic mass is 19.1. The summed E-state index contributed by atoms with van der Waals surface area (Å²) in [7, 11) is 1.90. The lowest BCUT2D eigenvalue weighted by molar-refractivity contribution is -0.186. The van der Waals surface area contributed by atoms with Crippen molar-refractivity contribution in [3.05, 3.63) is 29.1 Å². The zero-order chi connectivity index (χ0) is 14.0. The SMILES string of the molecule is CCN(C)/C=N/c1cc(F)c(C2(O)COC2)cc1C. The molecule has 0 bridgehead atoms. The van der Waals surface area contributed by atoms with Crippen molar-refractivity contribution in [2.45, 2.75) is 19.4 Å². The van der Waals surface area contributed by atoms with E-state index in [1.807, 2.05) is 25.8 Å². The molecule has 1 heterocycles. The number of ether oxygens (including phenoxy) is 1. The highest BCUT2D eigenvalue weighted by Crippen LogP contribution is 2.34. The molecule has 0 unspecified atom stereocenters. The van der Waals surface area contributed by atoms with Gasteiger partial charge in [0.05, 0.1) is 25.2 Å². The minimum atomic E-state index is -1.18. The predicted octanol–water partition coefficient (Wildman–Crippen LogP) is 1.96. The lowest BCUT2D eigenvalue weighted by Gasteiger charge is -2.37. The lowest BCUT2D eigenvalue weighted by atomic mass is 9.90. The summed E-state index contributed by atoms with van der Waals surface area (Å²) in [5, 5.41) is 10.1. The third kappa shape index (κ3) is 2.77. The normalized spacial score (nSPS) is 17.5. The Morgan fingerprint density at radius 2 is 2.21 bits per heavy atom. The van der Waals surface area contributed by atoms with Gasteiger partial charge in [0.1, 0.15) is 11.4 Å². The Labute approximate surface area is 112 Å². The maximum atomic E-state index is 14.0. The van der Waals surface area contributed by atoms with Crippen molar-refractivity contribution in [3.63, 3.8) is 0 Å². The maximum absolute atomic E-state index is 14.0. The van der Waals surface area contributed by atoms with Gasteiger partial charge in [-0.3, -0.25) is 0 Å². The molecule has 104 valence electrons. The van der Waals surface area contributed by atoms with Crippen molar-refractivity contribution in [1.82, 2.24) is 4.90 Å². The summed E-state index contributed by atoms with van der Waals surface area (Å²) in [6.07, 6.45) is 1.67. The molecule has 0 amide bonds. The number of rotatable bonds is 4. The molecule has 1 aromatic rings. The van der Waals surface area contributed by atoms with E-state index < -0.39 is 11.4 Å². The van der Waals surface area contributed by atoms with Crippen LogP contribution in [-0.4, -0.2) is 43.2 Å². The number of halogens is 1. The fourth-order valence-electron chi connectivity index (χ4n) is 1.86. The highest BCUT2D eigenvalue weighted by Gasteiger charge is 2.40. The topological polar surface area (TPSA) is 45.1 Å². The molecule has 0 aromatic heterocycles. The first-order valence-electron chi connectivity index (χ1n) is 6.31. The molecule has 1 aliphatic heterocycles. The lowest BCUT2D eigenvalue weighted by Crippen LogP contribution is -2.47. The molecule has 5 heteroatoms. The number of hydrogen-bond acceptors (Lipinski definition) is 3. The maximum Gasteiger partial charge on any atom is 0.139 e.